The molecule has 0 amide bonds. The van der Waals surface area contributed by atoms with Gasteiger partial charge in [-0.05, 0) is 42.5 Å². The van der Waals surface area contributed by atoms with Crippen molar-refractivity contribution in [3.8, 4) is 0 Å². The van der Waals surface area contributed by atoms with Crippen LogP contribution in [-0.4, -0.2) is 24.7 Å². The zero-order chi connectivity index (χ0) is 16.0. The lowest BCUT2D eigenvalue weighted by Gasteiger charge is -2.11. The molecule has 1 heterocycles. The number of sulfonamides is 1. The molecule has 0 fully saturated rings. The lowest BCUT2D eigenvalue weighted by atomic mass is 9.99. The molecule has 6 heteroatoms. The van der Waals surface area contributed by atoms with Gasteiger partial charge in [0.15, 0.2) is 0 Å². The van der Waals surface area contributed by atoms with Crippen LogP contribution in [0.25, 0.3) is 0 Å². The third-order valence-corrected chi connectivity index (χ3v) is 5.26. The first-order valence-electron chi connectivity index (χ1n) is 7.60. The van der Waals surface area contributed by atoms with Crippen LogP contribution in [-0.2, 0) is 16.6 Å². The number of rotatable bonds is 8. The van der Waals surface area contributed by atoms with Gasteiger partial charge in [-0.1, -0.05) is 26.0 Å². The molecule has 1 aromatic heterocycles. The Bertz CT molecular complexity index is 664. The van der Waals surface area contributed by atoms with E-state index >= 15 is 0 Å². The Labute approximate surface area is 132 Å². The molecule has 0 saturated heterocycles. The molecule has 120 valence electrons. The van der Waals surface area contributed by atoms with Crippen LogP contribution in [0.15, 0.2) is 47.6 Å². The monoisotopic (exact) mass is 321 g/mol. The van der Waals surface area contributed by atoms with Crippen molar-refractivity contribution in [1.29, 1.82) is 0 Å². The molecule has 1 atom stereocenters. The van der Waals surface area contributed by atoms with Crippen LogP contribution < -0.4 is 4.72 Å². The maximum absolute atomic E-state index is 12.2. The van der Waals surface area contributed by atoms with E-state index < -0.39 is 10.0 Å². The van der Waals surface area contributed by atoms with Crippen molar-refractivity contribution in [1.82, 2.24) is 14.5 Å². The summed E-state index contributed by atoms with van der Waals surface area (Å²) in [6, 6.07) is 9.00. The average molecular weight is 321 g/mol. The summed E-state index contributed by atoms with van der Waals surface area (Å²) in [7, 11) is -3.43. The molecular formula is C16H23N3O2S. The first-order chi connectivity index (χ1) is 10.5. The normalized spacial score (nSPS) is 13.2. The van der Waals surface area contributed by atoms with Crippen LogP contribution in [0.5, 0.6) is 0 Å². The molecule has 5 nitrogen and oxygen atoms in total. The molecule has 2 rings (SSSR count). The summed E-state index contributed by atoms with van der Waals surface area (Å²) in [6.45, 7) is 5.35. The van der Waals surface area contributed by atoms with Crippen LogP contribution in [0.1, 0.15) is 38.2 Å². The number of hydrogen-bond acceptors (Lipinski definition) is 3. The van der Waals surface area contributed by atoms with E-state index in [1.54, 1.807) is 23.0 Å². The molecule has 0 saturated carbocycles. The molecule has 0 spiro atoms. The Morgan fingerprint density at radius 1 is 1.27 bits per heavy atom. The zero-order valence-electron chi connectivity index (χ0n) is 13.1. The predicted molar refractivity (Wildman–Crippen MR) is 87.2 cm³/mol. The van der Waals surface area contributed by atoms with Crippen LogP contribution in [0.2, 0.25) is 0 Å². The van der Waals surface area contributed by atoms with E-state index in [9.17, 15) is 8.42 Å². The highest BCUT2D eigenvalue weighted by Crippen LogP contribution is 2.20. The van der Waals surface area contributed by atoms with E-state index in [1.807, 2.05) is 24.4 Å². The van der Waals surface area contributed by atoms with E-state index in [-0.39, 0.29) is 0 Å². The minimum atomic E-state index is -3.43. The SMILES string of the molecule is CCC(C)c1ccc(S(=O)(=O)NCCCn2cccn2)cc1. The van der Waals surface area contributed by atoms with Crippen molar-refractivity contribution in [2.75, 3.05) is 6.54 Å². The van der Waals surface area contributed by atoms with Gasteiger partial charge in [0.1, 0.15) is 0 Å². The van der Waals surface area contributed by atoms with Gasteiger partial charge in [0.2, 0.25) is 10.0 Å². The highest BCUT2D eigenvalue weighted by Gasteiger charge is 2.13. The second-order valence-electron chi connectivity index (χ2n) is 5.40. The molecular weight excluding hydrogens is 298 g/mol. The number of aromatic nitrogens is 2. The molecule has 0 aliphatic rings. The lowest BCUT2D eigenvalue weighted by Crippen LogP contribution is -2.25. The average Bonchev–Trinajstić information content (AvgIpc) is 3.04. The molecule has 0 aliphatic carbocycles. The van der Waals surface area contributed by atoms with Crippen LogP contribution in [0, 0.1) is 0 Å². The van der Waals surface area contributed by atoms with E-state index in [1.165, 1.54) is 5.56 Å². The predicted octanol–water partition coefficient (Wildman–Crippen LogP) is 2.77. The van der Waals surface area contributed by atoms with Crippen molar-refractivity contribution >= 4 is 10.0 Å². The maximum atomic E-state index is 12.2. The number of hydrogen-bond donors (Lipinski definition) is 1. The number of nitrogens with zero attached hydrogens (tertiary/aromatic N) is 2. The van der Waals surface area contributed by atoms with Crippen molar-refractivity contribution in [2.24, 2.45) is 0 Å². The smallest absolute Gasteiger partial charge is 0.240 e. The number of benzene rings is 1. The van der Waals surface area contributed by atoms with E-state index in [4.69, 9.17) is 0 Å². The Morgan fingerprint density at radius 3 is 2.59 bits per heavy atom. The molecule has 1 N–H and O–H groups in total. The summed E-state index contributed by atoms with van der Waals surface area (Å²) >= 11 is 0. The fraction of sp³-hybridized carbons (Fsp3) is 0.438. The summed E-state index contributed by atoms with van der Waals surface area (Å²) in [4.78, 5) is 0.318. The van der Waals surface area contributed by atoms with Crippen molar-refractivity contribution in [2.45, 2.75) is 44.0 Å². The third-order valence-electron chi connectivity index (χ3n) is 3.79. The van der Waals surface area contributed by atoms with E-state index in [0.717, 1.165) is 6.42 Å². The summed E-state index contributed by atoms with van der Waals surface area (Å²) in [5.41, 5.74) is 1.17. The largest absolute Gasteiger partial charge is 0.273 e. The van der Waals surface area contributed by atoms with Crippen LogP contribution in [0.4, 0.5) is 0 Å². The summed E-state index contributed by atoms with van der Waals surface area (Å²) in [5.74, 6) is 0.443. The third kappa shape index (κ3) is 4.42. The van der Waals surface area contributed by atoms with Crippen molar-refractivity contribution in [3.05, 3.63) is 48.3 Å². The first kappa shape index (κ1) is 16.7. The number of aryl methyl sites for hydroxylation is 1. The van der Waals surface area contributed by atoms with Crippen molar-refractivity contribution < 1.29 is 8.42 Å². The number of nitrogens with one attached hydrogen (secondary N) is 1. The standard InChI is InChI=1S/C16H23N3O2S/c1-3-14(2)15-6-8-16(9-7-15)22(20,21)18-11-5-13-19-12-4-10-17-19/h4,6-10,12,14,18H,3,5,11,13H2,1-2H3. The molecule has 22 heavy (non-hydrogen) atoms. The van der Waals surface area contributed by atoms with E-state index in [0.29, 0.717) is 30.3 Å². The molecule has 0 bridgehead atoms. The minimum Gasteiger partial charge on any atom is -0.273 e. The minimum absolute atomic E-state index is 0.318. The quantitative estimate of drug-likeness (QED) is 0.760. The van der Waals surface area contributed by atoms with Gasteiger partial charge in [0, 0.05) is 25.5 Å². The lowest BCUT2D eigenvalue weighted by molar-refractivity contribution is 0.553. The van der Waals surface area contributed by atoms with Gasteiger partial charge < -0.3 is 0 Å². The Hall–Kier alpha value is -1.66. The Balaban J connectivity index is 1.89. The maximum Gasteiger partial charge on any atom is 0.240 e. The first-order valence-corrected chi connectivity index (χ1v) is 9.08. The molecule has 1 aromatic carbocycles. The highest BCUT2D eigenvalue weighted by molar-refractivity contribution is 7.89. The van der Waals surface area contributed by atoms with Gasteiger partial charge in [-0.2, -0.15) is 5.10 Å². The second-order valence-corrected chi connectivity index (χ2v) is 7.17. The second kappa shape index (κ2) is 7.56. The molecule has 1 unspecified atom stereocenters. The van der Waals surface area contributed by atoms with Gasteiger partial charge in [-0.25, -0.2) is 13.1 Å². The topological polar surface area (TPSA) is 64.0 Å². The molecule has 0 aliphatic heterocycles. The zero-order valence-corrected chi connectivity index (χ0v) is 13.9. The fourth-order valence-electron chi connectivity index (χ4n) is 2.17. The van der Waals surface area contributed by atoms with Crippen molar-refractivity contribution in [3.63, 3.8) is 0 Å². The van der Waals surface area contributed by atoms with Gasteiger partial charge in [0.25, 0.3) is 0 Å². The summed E-state index contributed by atoms with van der Waals surface area (Å²) < 4.78 is 28.8. The van der Waals surface area contributed by atoms with Gasteiger partial charge in [-0.15, -0.1) is 0 Å². The van der Waals surface area contributed by atoms with Gasteiger partial charge in [-0.3, -0.25) is 4.68 Å². The van der Waals surface area contributed by atoms with E-state index in [2.05, 4.69) is 23.7 Å². The van der Waals surface area contributed by atoms with Crippen LogP contribution >= 0.6 is 0 Å². The van der Waals surface area contributed by atoms with Crippen LogP contribution in [0.3, 0.4) is 0 Å². The molecule has 2 aromatic rings. The fourth-order valence-corrected chi connectivity index (χ4v) is 3.25. The highest BCUT2D eigenvalue weighted by atomic mass is 32.2. The van der Waals surface area contributed by atoms with Gasteiger partial charge >= 0.3 is 0 Å². The Kier molecular flexibility index (Phi) is 5.74. The Morgan fingerprint density at radius 2 is 2.00 bits per heavy atom. The summed E-state index contributed by atoms with van der Waals surface area (Å²) in [5, 5.41) is 4.08. The molecule has 0 radical (unpaired) electrons. The summed E-state index contributed by atoms with van der Waals surface area (Å²) in [6.07, 6.45) is 5.31. The van der Waals surface area contributed by atoms with Gasteiger partial charge in [0.05, 0.1) is 4.90 Å².